The molecule has 1 fully saturated rings. The second-order valence-corrected chi connectivity index (χ2v) is 4.65. The average Bonchev–Trinajstić information content (AvgIpc) is 2.20. The van der Waals surface area contributed by atoms with Crippen LogP contribution in [-0.4, -0.2) is 72.1 Å². The summed E-state index contributed by atoms with van der Waals surface area (Å²) in [6, 6.07) is 0. The lowest BCUT2D eigenvalue weighted by molar-refractivity contribution is 0.121. The molecule has 0 aromatic carbocycles. The molecule has 84 valence electrons. The van der Waals surface area contributed by atoms with Gasteiger partial charge in [0.2, 0.25) is 0 Å². The molecule has 0 aromatic rings. The second kappa shape index (κ2) is 7.48. The van der Waals surface area contributed by atoms with Crippen LogP contribution in [0.5, 0.6) is 0 Å². The Hall–Kier alpha value is 0.190. The largest absolute Gasteiger partial charge is 0.396 e. The zero-order valence-corrected chi connectivity index (χ0v) is 9.30. The predicted octanol–water partition coefficient (Wildman–Crippen LogP) is -1.02. The van der Waals surface area contributed by atoms with Gasteiger partial charge >= 0.3 is 0 Å². The zero-order chi connectivity index (χ0) is 10.2. The fourth-order valence-electron chi connectivity index (χ4n) is 1.53. The molecule has 1 atom stereocenters. The maximum absolute atomic E-state index is 9.66. The Kier molecular flexibility index (Phi) is 6.55. The van der Waals surface area contributed by atoms with Crippen molar-refractivity contribution in [2.24, 2.45) is 0 Å². The Morgan fingerprint density at radius 1 is 1.36 bits per heavy atom. The highest BCUT2D eigenvalue weighted by Gasteiger charge is 2.13. The molecule has 0 amide bonds. The summed E-state index contributed by atoms with van der Waals surface area (Å²) in [6.45, 7) is 5.07. The third-order valence-corrected chi connectivity index (χ3v) is 3.32. The van der Waals surface area contributed by atoms with Gasteiger partial charge < -0.3 is 15.5 Å². The maximum Gasteiger partial charge on any atom is 0.0757 e. The summed E-state index contributed by atoms with van der Waals surface area (Å²) in [5, 5.41) is 21.5. The van der Waals surface area contributed by atoms with Crippen molar-refractivity contribution in [2.75, 3.05) is 50.8 Å². The summed E-state index contributed by atoms with van der Waals surface area (Å²) in [4.78, 5) is 2.28. The smallest absolute Gasteiger partial charge is 0.0757 e. The number of aliphatic hydroxyl groups is 2. The van der Waals surface area contributed by atoms with Gasteiger partial charge in [-0.05, 0) is 0 Å². The molecule has 3 N–H and O–H groups in total. The highest BCUT2D eigenvalue weighted by molar-refractivity contribution is 7.99. The van der Waals surface area contributed by atoms with E-state index in [0.29, 0.717) is 0 Å². The fourth-order valence-corrected chi connectivity index (χ4v) is 2.20. The first-order chi connectivity index (χ1) is 6.83. The van der Waals surface area contributed by atoms with Gasteiger partial charge in [0, 0.05) is 44.2 Å². The van der Waals surface area contributed by atoms with Gasteiger partial charge in [-0.25, -0.2) is 0 Å². The lowest BCUT2D eigenvalue weighted by Crippen LogP contribution is -2.46. The lowest BCUT2D eigenvalue weighted by atomic mass is 10.3. The molecule has 0 saturated carbocycles. The number of aliphatic hydroxyl groups excluding tert-OH is 2. The van der Waals surface area contributed by atoms with Crippen LogP contribution >= 0.6 is 11.8 Å². The van der Waals surface area contributed by atoms with E-state index in [4.69, 9.17) is 5.11 Å². The molecule has 0 radical (unpaired) electrons. The molecule has 1 aliphatic heterocycles. The van der Waals surface area contributed by atoms with Gasteiger partial charge in [0.05, 0.1) is 12.7 Å². The van der Waals surface area contributed by atoms with E-state index >= 15 is 0 Å². The van der Waals surface area contributed by atoms with E-state index in [2.05, 4.69) is 10.2 Å². The normalized spacial score (nSPS) is 21.0. The molecular weight excluding hydrogens is 200 g/mol. The van der Waals surface area contributed by atoms with Gasteiger partial charge in [-0.1, -0.05) is 0 Å². The van der Waals surface area contributed by atoms with Crippen molar-refractivity contribution in [1.82, 2.24) is 10.2 Å². The minimum Gasteiger partial charge on any atom is -0.396 e. The standard InChI is InChI=1S/C9H20N2O2S/c12-5-6-14-8-9(13)7-11-3-1-10-2-4-11/h9-10,12-13H,1-8H2. The van der Waals surface area contributed by atoms with Gasteiger partial charge in [0.1, 0.15) is 0 Å². The molecule has 5 heteroatoms. The number of β-amino-alcohol motifs (C(OH)–C–C–N with tert-alkyl or cyclic N) is 1. The topological polar surface area (TPSA) is 55.7 Å². The van der Waals surface area contributed by atoms with E-state index in [1.807, 2.05) is 0 Å². The van der Waals surface area contributed by atoms with Crippen molar-refractivity contribution >= 4 is 11.8 Å². The van der Waals surface area contributed by atoms with Gasteiger partial charge in [-0.15, -0.1) is 0 Å². The quantitative estimate of drug-likeness (QED) is 0.500. The third-order valence-electron chi connectivity index (χ3n) is 2.22. The molecule has 0 aliphatic carbocycles. The average molecular weight is 220 g/mol. The number of nitrogens with one attached hydrogen (secondary N) is 1. The summed E-state index contributed by atoms with van der Waals surface area (Å²) >= 11 is 1.61. The SMILES string of the molecule is OCCSCC(O)CN1CCNCC1. The van der Waals surface area contributed by atoms with Crippen LogP contribution in [0.2, 0.25) is 0 Å². The lowest BCUT2D eigenvalue weighted by Gasteiger charge is -2.28. The monoisotopic (exact) mass is 220 g/mol. The molecular formula is C9H20N2O2S. The Morgan fingerprint density at radius 2 is 2.07 bits per heavy atom. The van der Waals surface area contributed by atoms with Crippen LogP contribution in [0, 0.1) is 0 Å². The summed E-state index contributed by atoms with van der Waals surface area (Å²) in [6.07, 6.45) is -0.260. The van der Waals surface area contributed by atoms with Gasteiger partial charge in [-0.2, -0.15) is 11.8 Å². The van der Waals surface area contributed by atoms with E-state index in [1.165, 1.54) is 0 Å². The fraction of sp³-hybridized carbons (Fsp3) is 1.00. The molecule has 4 nitrogen and oxygen atoms in total. The number of hydrogen-bond donors (Lipinski definition) is 3. The molecule has 1 saturated heterocycles. The number of hydrogen-bond acceptors (Lipinski definition) is 5. The minimum atomic E-state index is -0.260. The van der Waals surface area contributed by atoms with Crippen molar-refractivity contribution in [3.05, 3.63) is 0 Å². The summed E-state index contributed by atoms with van der Waals surface area (Å²) in [5.74, 6) is 1.45. The van der Waals surface area contributed by atoms with E-state index in [1.54, 1.807) is 11.8 Å². The molecule has 14 heavy (non-hydrogen) atoms. The first-order valence-corrected chi connectivity index (χ1v) is 6.28. The highest BCUT2D eigenvalue weighted by atomic mass is 32.2. The Labute approximate surface area is 89.7 Å². The number of thioether (sulfide) groups is 1. The first kappa shape index (κ1) is 12.3. The highest BCUT2D eigenvalue weighted by Crippen LogP contribution is 2.04. The zero-order valence-electron chi connectivity index (χ0n) is 8.48. The molecule has 1 heterocycles. The van der Waals surface area contributed by atoms with Crippen molar-refractivity contribution in [2.45, 2.75) is 6.10 Å². The Bertz CT molecular complexity index is 143. The van der Waals surface area contributed by atoms with Crippen LogP contribution in [0.3, 0.4) is 0 Å². The van der Waals surface area contributed by atoms with Crippen LogP contribution in [0.4, 0.5) is 0 Å². The van der Waals surface area contributed by atoms with Crippen molar-refractivity contribution in [3.63, 3.8) is 0 Å². The minimum absolute atomic E-state index is 0.199. The third kappa shape index (κ3) is 5.17. The Morgan fingerprint density at radius 3 is 2.71 bits per heavy atom. The van der Waals surface area contributed by atoms with E-state index in [0.717, 1.165) is 44.2 Å². The van der Waals surface area contributed by atoms with Gasteiger partial charge in [-0.3, -0.25) is 4.90 Å². The second-order valence-electron chi connectivity index (χ2n) is 3.50. The molecule has 1 rings (SSSR count). The number of rotatable bonds is 6. The van der Waals surface area contributed by atoms with Crippen LogP contribution in [0.1, 0.15) is 0 Å². The summed E-state index contributed by atoms with van der Waals surface area (Å²) in [5.41, 5.74) is 0. The Balaban J connectivity index is 2.03. The molecule has 1 aliphatic rings. The van der Waals surface area contributed by atoms with E-state index in [-0.39, 0.29) is 12.7 Å². The first-order valence-electron chi connectivity index (χ1n) is 5.12. The van der Waals surface area contributed by atoms with Crippen LogP contribution in [-0.2, 0) is 0 Å². The number of piperazine rings is 1. The maximum atomic E-state index is 9.66. The van der Waals surface area contributed by atoms with Crippen LogP contribution in [0.15, 0.2) is 0 Å². The summed E-state index contributed by atoms with van der Waals surface area (Å²) < 4.78 is 0. The van der Waals surface area contributed by atoms with Crippen molar-refractivity contribution < 1.29 is 10.2 Å². The molecule has 0 spiro atoms. The predicted molar refractivity (Wildman–Crippen MR) is 59.7 cm³/mol. The van der Waals surface area contributed by atoms with Gasteiger partial charge in [0.15, 0.2) is 0 Å². The molecule has 1 unspecified atom stereocenters. The summed E-state index contributed by atoms with van der Waals surface area (Å²) in [7, 11) is 0. The van der Waals surface area contributed by atoms with E-state index in [9.17, 15) is 5.11 Å². The van der Waals surface area contributed by atoms with Crippen LogP contribution < -0.4 is 5.32 Å². The molecule has 0 bridgehead atoms. The van der Waals surface area contributed by atoms with Crippen molar-refractivity contribution in [3.8, 4) is 0 Å². The van der Waals surface area contributed by atoms with E-state index < -0.39 is 0 Å². The van der Waals surface area contributed by atoms with Crippen LogP contribution in [0.25, 0.3) is 0 Å². The van der Waals surface area contributed by atoms with Crippen molar-refractivity contribution in [1.29, 1.82) is 0 Å². The van der Waals surface area contributed by atoms with Gasteiger partial charge in [0.25, 0.3) is 0 Å². The number of nitrogens with zero attached hydrogens (tertiary/aromatic N) is 1. The molecule has 0 aromatic heterocycles.